The minimum atomic E-state index is -0.502. The van der Waals surface area contributed by atoms with Crippen LogP contribution in [0.25, 0.3) is 0 Å². The summed E-state index contributed by atoms with van der Waals surface area (Å²) in [6.45, 7) is 5.03. The Kier molecular flexibility index (Phi) is 11.5. The summed E-state index contributed by atoms with van der Waals surface area (Å²) in [6, 6.07) is 14.7. The summed E-state index contributed by atoms with van der Waals surface area (Å²) in [7, 11) is 1.62. The Morgan fingerprint density at radius 1 is 1.06 bits per heavy atom. The quantitative estimate of drug-likeness (QED) is 0.398. The highest BCUT2D eigenvalue weighted by Gasteiger charge is 2.28. The summed E-state index contributed by atoms with van der Waals surface area (Å²) in [5.74, 6) is 1.63. The van der Waals surface area contributed by atoms with Crippen LogP contribution >= 0.6 is 23.4 Å². The Morgan fingerprint density at radius 3 is 2.31 bits per heavy atom. The van der Waals surface area contributed by atoms with E-state index in [-0.39, 0.29) is 11.8 Å². The zero-order valence-electron chi connectivity index (χ0n) is 19.1. The topological polar surface area (TPSA) is 58.6 Å². The van der Waals surface area contributed by atoms with Gasteiger partial charge in [-0.25, -0.2) is 0 Å². The average Bonchev–Trinajstić information content (AvgIpc) is 2.80. The van der Waals surface area contributed by atoms with E-state index in [4.69, 9.17) is 16.3 Å². The molecule has 0 fully saturated rings. The zero-order valence-corrected chi connectivity index (χ0v) is 20.7. The van der Waals surface area contributed by atoms with Crippen molar-refractivity contribution in [3.8, 4) is 5.75 Å². The van der Waals surface area contributed by atoms with Crippen LogP contribution in [-0.2, 0) is 21.9 Å². The monoisotopic (exact) mass is 476 g/mol. The molecule has 2 aromatic carbocycles. The summed E-state index contributed by atoms with van der Waals surface area (Å²) < 4.78 is 5.23. The second-order valence-corrected chi connectivity index (χ2v) is 8.98. The van der Waals surface area contributed by atoms with Crippen LogP contribution in [0.1, 0.15) is 44.2 Å². The molecule has 1 unspecified atom stereocenters. The molecule has 1 N–H and O–H groups in total. The fraction of sp³-hybridized carbons (Fsp3) is 0.440. The van der Waals surface area contributed by atoms with Crippen molar-refractivity contribution < 1.29 is 14.3 Å². The van der Waals surface area contributed by atoms with E-state index in [1.807, 2.05) is 55.5 Å². The molecule has 0 saturated carbocycles. The van der Waals surface area contributed by atoms with Crippen molar-refractivity contribution in [2.45, 2.75) is 51.4 Å². The predicted octanol–water partition coefficient (Wildman–Crippen LogP) is 5.31. The summed E-state index contributed by atoms with van der Waals surface area (Å²) in [4.78, 5) is 27.8. The molecule has 7 heteroatoms. The SMILES string of the molecule is CCCCNC(=O)C(CC)N(Cc1ccc(OC)cc1)C(=O)CSCc1ccc(Cl)cc1. The molecule has 0 radical (unpaired) electrons. The first kappa shape index (κ1) is 26.1. The van der Waals surface area contributed by atoms with Crippen molar-refractivity contribution >= 4 is 35.2 Å². The highest BCUT2D eigenvalue weighted by atomic mass is 35.5. The number of thioether (sulfide) groups is 1. The molecule has 0 aliphatic rings. The maximum atomic E-state index is 13.2. The molecular formula is C25H33ClN2O3S. The van der Waals surface area contributed by atoms with E-state index in [2.05, 4.69) is 12.2 Å². The summed E-state index contributed by atoms with van der Waals surface area (Å²) in [5.41, 5.74) is 2.07. The Balaban J connectivity index is 2.09. The van der Waals surface area contributed by atoms with Crippen molar-refractivity contribution in [2.75, 3.05) is 19.4 Å². The molecule has 0 heterocycles. The van der Waals surface area contributed by atoms with Crippen LogP contribution in [0.2, 0.25) is 5.02 Å². The second-order valence-electron chi connectivity index (χ2n) is 7.56. The molecule has 2 aromatic rings. The van der Waals surface area contributed by atoms with Gasteiger partial charge in [-0.3, -0.25) is 9.59 Å². The third-order valence-electron chi connectivity index (χ3n) is 5.13. The van der Waals surface area contributed by atoms with Crippen LogP contribution in [0.4, 0.5) is 0 Å². The first-order chi connectivity index (χ1) is 15.5. The Bertz CT molecular complexity index is 843. The molecule has 2 amide bonds. The third kappa shape index (κ3) is 8.40. The molecule has 0 bridgehead atoms. The number of rotatable bonds is 13. The summed E-state index contributed by atoms with van der Waals surface area (Å²) in [5, 5.41) is 3.68. The molecule has 0 saturated heterocycles. The number of benzene rings is 2. The van der Waals surface area contributed by atoms with Gasteiger partial charge < -0.3 is 15.0 Å². The van der Waals surface area contributed by atoms with E-state index in [0.29, 0.717) is 36.0 Å². The van der Waals surface area contributed by atoms with E-state index in [1.165, 1.54) is 0 Å². The number of nitrogens with one attached hydrogen (secondary N) is 1. The number of carbonyl (C=O) groups is 2. The Labute approximate surface area is 200 Å². The van der Waals surface area contributed by atoms with Gasteiger partial charge in [-0.05, 0) is 48.2 Å². The van der Waals surface area contributed by atoms with Gasteiger partial charge in [0.2, 0.25) is 11.8 Å². The van der Waals surface area contributed by atoms with Crippen LogP contribution in [0.3, 0.4) is 0 Å². The number of ether oxygens (including phenoxy) is 1. The second kappa shape index (κ2) is 14.1. The fourth-order valence-corrected chi connectivity index (χ4v) is 4.27. The van der Waals surface area contributed by atoms with Crippen LogP contribution in [0, 0.1) is 0 Å². The van der Waals surface area contributed by atoms with Gasteiger partial charge in [-0.2, -0.15) is 0 Å². The molecular weight excluding hydrogens is 444 g/mol. The van der Waals surface area contributed by atoms with Crippen molar-refractivity contribution in [3.05, 3.63) is 64.7 Å². The number of unbranched alkanes of at least 4 members (excludes halogenated alkanes) is 1. The van der Waals surface area contributed by atoms with Gasteiger partial charge in [0, 0.05) is 23.9 Å². The molecule has 0 aliphatic heterocycles. The van der Waals surface area contributed by atoms with Crippen LogP contribution in [-0.4, -0.2) is 42.2 Å². The molecule has 2 rings (SSSR count). The Morgan fingerprint density at radius 2 is 1.72 bits per heavy atom. The van der Waals surface area contributed by atoms with Gasteiger partial charge in [-0.1, -0.05) is 56.1 Å². The van der Waals surface area contributed by atoms with Crippen molar-refractivity contribution in [1.29, 1.82) is 0 Å². The van der Waals surface area contributed by atoms with Gasteiger partial charge in [0.25, 0.3) is 0 Å². The van der Waals surface area contributed by atoms with Crippen molar-refractivity contribution in [2.24, 2.45) is 0 Å². The number of methoxy groups -OCH3 is 1. The maximum absolute atomic E-state index is 13.2. The third-order valence-corrected chi connectivity index (χ3v) is 6.38. The standard InChI is InChI=1S/C25H33ClN2O3S/c1-4-6-15-27-25(30)23(5-2)28(16-19-9-13-22(31-3)14-10-19)24(29)18-32-17-20-7-11-21(26)12-8-20/h7-14,23H,4-6,15-18H2,1-3H3,(H,27,30). The molecule has 5 nitrogen and oxygen atoms in total. The van der Waals surface area contributed by atoms with Crippen molar-refractivity contribution in [1.82, 2.24) is 10.2 Å². The first-order valence-corrected chi connectivity index (χ1v) is 12.5. The minimum Gasteiger partial charge on any atom is -0.497 e. The highest BCUT2D eigenvalue weighted by Crippen LogP contribution is 2.20. The number of nitrogens with zero attached hydrogens (tertiary/aromatic N) is 1. The summed E-state index contributed by atoms with van der Waals surface area (Å²) in [6.07, 6.45) is 2.49. The van der Waals surface area contributed by atoms with Gasteiger partial charge in [0.05, 0.1) is 12.9 Å². The van der Waals surface area contributed by atoms with Crippen LogP contribution in [0.5, 0.6) is 5.75 Å². The minimum absolute atomic E-state index is 0.0442. The lowest BCUT2D eigenvalue weighted by Crippen LogP contribution is -2.49. The number of carbonyl (C=O) groups excluding carboxylic acids is 2. The van der Waals surface area contributed by atoms with Gasteiger partial charge in [-0.15, -0.1) is 11.8 Å². The van der Waals surface area contributed by atoms with Gasteiger partial charge in [0.1, 0.15) is 11.8 Å². The van der Waals surface area contributed by atoms with E-state index in [0.717, 1.165) is 29.7 Å². The molecule has 0 aromatic heterocycles. The van der Waals surface area contributed by atoms with Crippen LogP contribution < -0.4 is 10.1 Å². The first-order valence-electron chi connectivity index (χ1n) is 11.0. The van der Waals surface area contributed by atoms with E-state index in [1.54, 1.807) is 23.8 Å². The zero-order chi connectivity index (χ0) is 23.3. The molecule has 1 atom stereocenters. The maximum Gasteiger partial charge on any atom is 0.242 e. The van der Waals surface area contributed by atoms with Gasteiger partial charge >= 0.3 is 0 Å². The molecule has 32 heavy (non-hydrogen) atoms. The van der Waals surface area contributed by atoms with Crippen LogP contribution in [0.15, 0.2) is 48.5 Å². The largest absolute Gasteiger partial charge is 0.497 e. The normalized spacial score (nSPS) is 11.6. The smallest absolute Gasteiger partial charge is 0.242 e. The number of hydrogen-bond acceptors (Lipinski definition) is 4. The summed E-state index contributed by atoms with van der Waals surface area (Å²) >= 11 is 7.49. The number of halogens is 1. The van der Waals surface area contributed by atoms with Crippen molar-refractivity contribution in [3.63, 3.8) is 0 Å². The molecule has 0 spiro atoms. The van der Waals surface area contributed by atoms with Gasteiger partial charge in [0.15, 0.2) is 0 Å². The lowest BCUT2D eigenvalue weighted by molar-refractivity contribution is -0.139. The predicted molar refractivity (Wildman–Crippen MR) is 133 cm³/mol. The van der Waals surface area contributed by atoms with E-state index >= 15 is 0 Å². The van der Waals surface area contributed by atoms with E-state index < -0.39 is 6.04 Å². The lowest BCUT2D eigenvalue weighted by atomic mass is 10.1. The average molecular weight is 477 g/mol. The molecule has 174 valence electrons. The highest BCUT2D eigenvalue weighted by molar-refractivity contribution is 7.99. The lowest BCUT2D eigenvalue weighted by Gasteiger charge is -2.30. The number of amides is 2. The number of hydrogen-bond donors (Lipinski definition) is 1. The van der Waals surface area contributed by atoms with E-state index in [9.17, 15) is 9.59 Å². The Hall–Kier alpha value is -2.18. The fourth-order valence-electron chi connectivity index (χ4n) is 3.27. The molecule has 0 aliphatic carbocycles.